The van der Waals surface area contributed by atoms with Crippen LogP contribution in [0.3, 0.4) is 0 Å². The smallest absolute Gasteiger partial charge is 0.220 e. The quantitative estimate of drug-likeness (QED) is 0.697. The summed E-state index contributed by atoms with van der Waals surface area (Å²) in [6.07, 6.45) is 0.383. The van der Waals surface area contributed by atoms with Crippen LogP contribution in [0.1, 0.15) is 34.3 Å². The van der Waals surface area contributed by atoms with Crippen LogP contribution < -0.4 is 5.32 Å². The molecule has 0 aliphatic heterocycles. The van der Waals surface area contributed by atoms with Crippen molar-refractivity contribution in [1.29, 1.82) is 0 Å². The molecule has 0 heterocycles. The number of hydrogen-bond acceptors (Lipinski definition) is 3. The maximum absolute atomic E-state index is 12.1. The van der Waals surface area contributed by atoms with Gasteiger partial charge in [0.15, 0.2) is 5.78 Å². The summed E-state index contributed by atoms with van der Waals surface area (Å²) < 4.78 is 6.07. The molecule has 0 fully saturated rings. The highest BCUT2D eigenvalue weighted by Gasteiger charge is 2.10. The molecule has 4 nitrogen and oxygen atoms in total. The number of halogens is 1. The van der Waals surface area contributed by atoms with Gasteiger partial charge in [-0.1, -0.05) is 52.3 Å². The second-order valence-corrected chi connectivity index (χ2v) is 6.32. The number of rotatable bonds is 8. The lowest BCUT2D eigenvalue weighted by Gasteiger charge is -2.10. The molecule has 1 amide bonds. The molecule has 24 heavy (non-hydrogen) atoms. The number of Topliss-reactive ketones (excluding diaryl/α,β-unsaturated/α-hetero) is 1. The number of carbonyl (C=O) groups excluding carboxylic acids is 2. The van der Waals surface area contributed by atoms with E-state index in [0.717, 1.165) is 15.6 Å². The zero-order valence-electron chi connectivity index (χ0n) is 13.5. The SMILES string of the molecule is COCc1ccccc1CNC(=O)CCC(=O)c1ccc(Br)cc1. The van der Waals surface area contributed by atoms with Gasteiger partial charge in [0.2, 0.25) is 5.91 Å². The molecule has 126 valence electrons. The van der Waals surface area contributed by atoms with Crippen molar-refractivity contribution in [2.75, 3.05) is 7.11 Å². The summed E-state index contributed by atoms with van der Waals surface area (Å²) >= 11 is 3.33. The Morgan fingerprint density at radius 3 is 2.33 bits per heavy atom. The van der Waals surface area contributed by atoms with Crippen LogP contribution >= 0.6 is 15.9 Å². The monoisotopic (exact) mass is 389 g/mol. The number of nitrogens with one attached hydrogen (secondary N) is 1. The van der Waals surface area contributed by atoms with Gasteiger partial charge >= 0.3 is 0 Å². The fraction of sp³-hybridized carbons (Fsp3) is 0.263. The molecule has 0 aromatic heterocycles. The minimum Gasteiger partial charge on any atom is -0.380 e. The first-order valence-corrected chi connectivity index (χ1v) is 8.50. The van der Waals surface area contributed by atoms with E-state index >= 15 is 0 Å². The first-order valence-electron chi connectivity index (χ1n) is 7.71. The third kappa shape index (κ3) is 5.58. The number of hydrogen-bond donors (Lipinski definition) is 1. The Labute approximate surface area is 150 Å². The van der Waals surface area contributed by atoms with Crippen molar-refractivity contribution in [3.63, 3.8) is 0 Å². The Kier molecular flexibility index (Phi) is 7.15. The van der Waals surface area contributed by atoms with E-state index in [9.17, 15) is 9.59 Å². The van der Waals surface area contributed by atoms with Crippen LogP contribution in [0.25, 0.3) is 0 Å². The van der Waals surface area contributed by atoms with Gasteiger partial charge in [-0.05, 0) is 23.3 Å². The molecule has 2 aromatic rings. The predicted molar refractivity (Wildman–Crippen MR) is 96.7 cm³/mol. The summed E-state index contributed by atoms with van der Waals surface area (Å²) in [7, 11) is 1.64. The van der Waals surface area contributed by atoms with Crippen LogP contribution in [0, 0.1) is 0 Å². The summed E-state index contributed by atoms with van der Waals surface area (Å²) in [5.41, 5.74) is 2.69. The number of methoxy groups -OCH3 is 1. The van der Waals surface area contributed by atoms with Gasteiger partial charge in [-0.15, -0.1) is 0 Å². The maximum atomic E-state index is 12.1. The van der Waals surface area contributed by atoms with Gasteiger partial charge < -0.3 is 10.1 Å². The van der Waals surface area contributed by atoms with Gasteiger partial charge in [0.25, 0.3) is 0 Å². The highest BCUT2D eigenvalue weighted by atomic mass is 79.9. The van der Waals surface area contributed by atoms with E-state index in [0.29, 0.717) is 18.7 Å². The molecule has 0 aliphatic carbocycles. The Morgan fingerprint density at radius 2 is 1.67 bits per heavy atom. The summed E-state index contributed by atoms with van der Waals surface area (Å²) in [6, 6.07) is 15.0. The third-order valence-electron chi connectivity index (χ3n) is 3.64. The van der Waals surface area contributed by atoms with Crippen molar-refractivity contribution in [2.45, 2.75) is 26.0 Å². The largest absolute Gasteiger partial charge is 0.380 e. The zero-order chi connectivity index (χ0) is 17.4. The van der Waals surface area contributed by atoms with Crippen LogP contribution in [-0.2, 0) is 22.7 Å². The fourth-order valence-corrected chi connectivity index (χ4v) is 2.58. The Bertz CT molecular complexity index is 698. The normalized spacial score (nSPS) is 10.4. The van der Waals surface area contributed by atoms with Gasteiger partial charge in [0, 0.05) is 36.5 Å². The van der Waals surface area contributed by atoms with Crippen LogP contribution in [0.5, 0.6) is 0 Å². The molecule has 0 unspecified atom stereocenters. The molecule has 0 spiro atoms. The molecule has 0 bridgehead atoms. The Hall–Kier alpha value is -1.98. The fourth-order valence-electron chi connectivity index (χ4n) is 2.32. The first kappa shape index (κ1) is 18.4. The van der Waals surface area contributed by atoms with Gasteiger partial charge in [-0.3, -0.25) is 9.59 Å². The second kappa shape index (κ2) is 9.35. The summed E-state index contributed by atoms with van der Waals surface area (Å²) in [5, 5.41) is 2.86. The number of ether oxygens (including phenoxy) is 1. The number of ketones is 1. The molecule has 2 rings (SSSR count). The molecule has 0 saturated heterocycles. The van der Waals surface area contributed by atoms with Crippen molar-refractivity contribution >= 4 is 27.6 Å². The third-order valence-corrected chi connectivity index (χ3v) is 4.17. The van der Waals surface area contributed by atoms with Crippen LogP contribution in [0.2, 0.25) is 0 Å². The molecule has 0 aliphatic rings. The average molecular weight is 390 g/mol. The zero-order valence-corrected chi connectivity index (χ0v) is 15.1. The lowest BCUT2D eigenvalue weighted by molar-refractivity contribution is -0.121. The van der Waals surface area contributed by atoms with Crippen molar-refractivity contribution in [2.24, 2.45) is 0 Å². The number of benzene rings is 2. The molecule has 5 heteroatoms. The van der Waals surface area contributed by atoms with Gasteiger partial charge in [-0.2, -0.15) is 0 Å². The minimum absolute atomic E-state index is 0.0302. The molecule has 0 radical (unpaired) electrons. The molecular weight excluding hydrogens is 370 g/mol. The van der Waals surface area contributed by atoms with Crippen LogP contribution in [-0.4, -0.2) is 18.8 Å². The van der Waals surface area contributed by atoms with Crippen molar-refractivity contribution in [3.05, 3.63) is 69.7 Å². The first-order chi connectivity index (χ1) is 11.6. The molecule has 0 atom stereocenters. The van der Waals surface area contributed by atoms with Gasteiger partial charge in [-0.25, -0.2) is 0 Å². The minimum atomic E-state index is -0.132. The molecule has 0 saturated carbocycles. The predicted octanol–water partition coefficient (Wildman–Crippen LogP) is 3.87. The standard InChI is InChI=1S/C19H20BrNO3/c1-24-13-16-5-3-2-4-15(16)12-21-19(23)11-10-18(22)14-6-8-17(20)9-7-14/h2-9H,10-13H2,1H3,(H,21,23). The molecular formula is C19H20BrNO3. The number of amides is 1. The Morgan fingerprint density at radius 1 is 1.00 bits per heavy atom. The van der Waals surface area contributed by atoms with E-state index in [1.807, 2.05) is 36.4 Å². The maximum Gasteiger partial charge on any atom is 0.220 e. The highest BCUT2D eigenvalue weighted by Crippen LogP contribution is 2.13. The summed E-state index contributed by atoms with van der Waals surface area (Å²) in [5.74, 6) is -0.162. The second-order valence-electron chi connectivity index (χ2n) is 5.41. The lowest BCUT2D eigenvalue weighted by Crippen LogP contribution is -2.24. The molecule has 2 aromatic carbocycles. The van der Waals surface area contributed by atoms with Crippen LogP contribution in [0.4, 0.5) is 0 Å². The molecule has 1 N–H and O–H groups in total. The van der Waals surface area contributed by atoms with Gasteiger partial charge in [0.05, 0.1) is 6.61 Å². The lowest BCUT2D eigenvalue weighted by atomic mass is 10.1. The summed E-state index contributed by atoms with van der Waals surface area (Å²) in [4.78, 5) is 24.0. The van der Waals surface area contributed by atoms with Gasteiger partial charge in [0.1, 0.15) is 0 Å². The topological polar surface area (TPSA) is 55.4 Å². The van der Waals surface area contributed by atoms with E-state index in [-0.39, 0.29) is 24.5 Å². The highest BCUT2D eigenvalue weighted by molar-refractivity contribution is 9.10. The van der Waals surface area contributed by atoms with E-state index in [1.54, 1.807) is 19.2 Å². The van der Waals surface area contributed by atoms with E-state index in [1.165, 1.54) is 0 Å². The summed E-state index contributed by atoms with van der Waals surface area (Å²) in [6.45, 7) is 0.943. The van der Waals surface area contributed by atoms with Crippen molar-refractivity contribution in [1.82, 2.24) is 5.32 Å². The number of carbonyl (C=O) groups is 2. The average Bonchev–Trinajstić information content (AvgIpc) is 2.60. The Balaban J connectivity index is 1.81. The van der Waals surface area contributed by atoms with Crippen molar-refractivity contribution in [3.8, 4) is 0 Å². The van der Waals surface area contributed by atoms with Crippen LogP contribution in [0.15, 0.2) is 53.0 Å². The van der Waals surface area contributed by atoms with Crippen molar-refractivity contribution < 1.29 is 14.3 Å². The van der Waals surface area contributed by atoms with E-state index < -0.39 is 0 Å². The van der Waals surface area contributed by atoms with E-state index in [2.05, 4.69) is 21.2 Å². The van der Waals surface area contributed by atoms with E-state index in [4.69, 9.17) is 4.74 Å².